The smallest absolute Gasteiger partial charge is 0.237 e. The number of carbonyl (C=O) groups is 1. The summed E-state index contributed by atoms with van der Waals surface area (Å²) >= 11 is 0. The van der Waals surface area contributed by atoms with Gasteiger partial charge in [0.15, 0.2) is 23.2 Å². The number of aliphatic hydroxyl groups excluding tert-OH is 2. The standard InChI is InChI=1S/C18H25N7O4/c1-4-5-6-10(19)17(28)23-12-11(7-26)29-18(14(12)27)25-9-22-13-15(24(2)3)20-8-21-16(13)25/h1,8-12,14,18,26-27H,5-7,19H2,2-3H3,(H,23,28). The third kappa shape index (κ3) is 4.01. The van der Waals surface area contributed by atoms with Crippen LogP contribution in [-0.4, -0.2) is 80.6 Å². The van der Waals surface area contributed by atoms with E-state index < -0.39 is 43.0 Å². The SMILES string of the molecule is C#CCCC(N)C(=O)NC1C(CO)OC(n2cnc3c(N(C)C)ncnc32)C1O. The van der Waals surface area contributed by atoms with Gasteiger partial charge in [-0.15, -0.1) is 12.3 Å². The normalized spacial score (nSPS) is 25.0. The molecule has 5 atom stereocenters. The predicted molar refractivity (Wildman–Crippen MR) is 105 cm³/mol. The van der Waals surface area contributed by atoms with Crippen LogP contribution < -0.4 is 16.0 Å². The second-order valence-electron chi connectivity index (χ2n) is 7.04. The molecular formula is C18H25N7O4. The van der Waals surface area contributed by atoms with Gasteiger partial charge in [0, 0.05) is 20.5 Å². The third-order valence-corrected chi connectivity index (χ3v) is 4.84. The highest BCUT2D eigenvalue weighted by atomic mass is 16.5. The summed E-state index contributed by atoms with van der Waals surface area (Å²) in [5, 5.41) is 23.2. The van der Waals surface area contributed by atoms with Gasteiger partial charge in [0.2, 0.25) is 5.91 Å². The maximum Gasteiger partial charge on any atom is 0.237 e. The first kappa shape index (κ1) is 20.9. The molecule has 0 saturated carbocycles. The van der Waals surface area contributed by atoms with Crippen LogP contribution in [0.3, 0.4) is 0 Å². The Morgan fingerprint density at radius 2 is 2.24 bits per heavy atom. The fourth-order valence-electron chi connectivity index (χ4n) is 3.30. The van der Waals surface area contributed by atoms with Gasteiger partial charge in [-0.05, 0) is 6.42 Å². The number of fused-ring (bicyclic) bond motifs is 1. The molecule has 1 aliphatic heterocycles. The van der Waals surface area contributed by atoms with E-state index in [1.807, 2.05) is 14.1 Å². The van der Waals surface area contributed by atoms with Gasteiger partial charge in [0.25, 0.3) is 0 Å². The number of nitrogens with two attached hydrogens (primary N) is 1. The molecule has 2 aromatic rings. The largest absolute Gasteiger partial charge is 0.394 e. The molecule has 1 saturated heterocycles. The van der Waals surface area contributed by atoms with E-state index in [0.29, 0.717) is 29.8 Å². The van der Waals surface area contributed by atoms with Crippen molar-refractivity contribution >= 4 is 22.9 Å². The highest BCUT2D eigenvalue weighted by Crippen LogP contribution is 2.32. The fraction of sp³-hybridized carbons (Fsp3) is 0.556. The Kier molecular flexibility index (Phi) is 6.29. The van der Waals surface area contributed by atoms with Gasteiger partial charge >= 0.3 is 0 Å². The van der Waals surface area contributed by atoms with Crippen LogP contribution in [-0.2, 0) is 9.53 Å². The van der Waals surface area contributed by atoms with Crippen molar-refractivity contribution in [1.82, 2.24) is 24.8 Å². The Hall–Kier alpha value is -2.78. The van der Waals surface area contributed by atoms with Gasteiger partial charge in [-0.25, -0.2) is 15.0 Å². The molecule has 156 valence electrons. The first-order valence-electron chi connectivity index (χ1n) is 9.17. The fourth-order valence-corrected chi connectivity index (χ4v) is 3.30. The lowest BCUT2D eigenvalue weighted by Gasteiger charge is -2.22. The molecule has 1 aliphatic rings. The summed E-state index contributed by atoms with van der Waals surface area (Å²) in [7, 11) is 3.66. The zero-order valence-electron chi connectivity index (χ0n) is 16.3. The summed E-state index contributed by atoms with van der Waals surface area (Å²) in [5.74, 6) is 2.57. The highest BCUT2D eigenvalue weighted by Gasteiger charge is 2.46. The molecule has 0 aliphatic carbocycles. The van der Waals surface area contributed by atoms with Crippen LogP contribution in [0.25, 0.3) is 11.2 Å². The van der Waals surface area contributed by atoms with Crippen LogP contribution in [0.15, 0.2) is 12.7 Å². The van der Waals surface area contributed by atoms with Crippen LogP contribution in [0.5, 0.6) is 0 Å². The van der Waals surface area contributed by atoms with E-state index in [-0.39, 0.29) is 0 Å². The quantitative estimate of drug-likeness (QED) is 0.399. The number of hydrogen-bond donors (Lipinski definition) is 4. The Balaban J connectivity index is 1.84. The van der Waals surface area contributed by atoms with E-state index in [2.05, 4.69) is 26.2 Å². The third-order valence-electron chi connectivity index (χ3n) is 4.84. The molecule has 3 heterocycles. The number of hydrogen-bond acceptors (Lipinski definition) is 9. The summed E-state index contributed by atoms with van der Waals surface area (Å²) in [5.41, 5.74) is 6.83. The molecule has 5 N–H and O–H groups in total. The number of nitrogens with zero attached hydrogens (tertiary/aromatic N) is 5. The number of ether oxygens (including phenoxy) is 1. The number of imidazole rings is 1. The van der Waals surface area contributed by atoms with Gasteiger partial charge in [0.05, 0.1) is 25.0 Å². The van der Waals surface area contributed by atoms with Crippen LogP contribution in [0.4, 0.5) is 5.82 Å². The van der Waals surface area contributed by atoms with E-state index in [4.69, 9.17) is 16.9 Å². The van der Waals surface area contributed by atoms with Gasteiger partial charge in [0.1, 0.15) is 18.5 Å². The van der Waals surface area contributed by atoms with E-state index in [1.165, 1.54) is 12.7 Å². The van der Waals surface area contributed by atoms with E-state index in [1.54, 1.807) is 9.47 Å². The van der Waals surface area contributed by atoms with Crippen LogP contribution in [0.2, 0.25) is 0 Å². The molecule has 0 aromatic carbocycles. The molecule has 0 spiro atoms. The van der Waals surface area contributed by atoms with Crippen LogP contribution >= 0.6 is 0 Å². The Morgan fingerprint density at radius 3 is 2.90 bits per heavy atom. The molecule has 1 fully saturated rings. The second-order valence-corrected chi connectivity index (χ2v) is 7.04. The van der Waals surface area contributed by atoms with Gasteiger partial charge in [-0.1, -0.05) is 0 Å². The van der Waals surface area contributed by atoms with Crippen molar-refractivity contribution in [3.8, 4) is 12.3 Å². The van der Waals surface area contributed by atoms with Crippen molar-refractivity contribution in [1.29, 1.82) is 0 Å². The average molecular weight is 403 g/mol. The Bertz CT molecular complexity index is 909. The number of carbonyl (C=O) groups excluding carboxylic acids is 1. The van der Waals surface area contributed by atoms with E-state index in [0.717, 1.165) is 0 Å². The van der Waals surface area contributed by atoms with Crippen molar-refractivity contribution in [2.24, 2.45) is 5.73 Å². The predicted octanol–water partition coefficient (Wildman–Crippen LogP) is -1.63. The molecule has 29 heavy (non-hydrogen) atoms. The Labute approximate surface area is 167 Å². The highest BCUT2D eigenvalue weighted by molar-refractivity contribution is 5.83. The lowest BCUT2D eigenvalue weighted by Crippen LogP contribution is -2.53. The zero-order valence-corrected chi connectivity index (χ0v) is 16.3. The molecular weight excluding hydrogens is 378 g/mol. The summed E-state index contributed by atoms with van der Waals surface area (Å²) in [6.07, 6.45) is 5.86. The number of amides is 1. The Morgan fingerprint density at radius 1 is 1.48 bits per heavy atom. The lowest BCUT2D eigenvalue weighted by molar-refractivity contribution is -0.124. The van der Waals surface area contributed by atoms with E-state index in [9.17, 15) is 15.0 Å². The zero-order chi connectivity index (χ0) is 21.1. The molecule has 11 nitrogen and oxygen atoms in total. The maximum absolute atomic E-state index is 12.3. The number of nitrogens with one attached hydrogen (secondary N) is 1. The van der Waals surface area contributed by atoms with Crippen molar-refractivity contribution in [2.45, 2.75) is 43.4 Å². The molecule has 0 radical (unpaired) electrons. The molecule has 5 unspecified atom stereocenters. The lowest BCUT2D eigenvalue weighted by atomic mass is 10.1. The topological polar surface area (TPSA) is 152 Å². The maximum atomic E-state index is 12.3. The second kappa shape index (κ2) is 8.71. The monoisotopic (exact) mass is 403 g/mol. The molecule has 2 aromatic heterocycles. The molecule has 0 bridgehead atoms. The molecule has 1 amide bonds. The van der Waals surface area contributed by atoms with E-state index >= 15 is 0 Å². The van der Waals surface area contributed by atoms with Crippen molar-refractivity contribution < 1.29 is 19.7 Å². The summed E-state index contributed by atoms with van der Waals surface area (Å²) < 4.78 is 7.37. The number of rotatable bonds is 7. The minimum Gasteiger partial charge on any atom is -0.394 e. The van der Waals surface area contributed by atoms with Crippen molar-refractivity contribution in [3.63, 3.8) is 0 Å². The number of aromatic nitrogens is 4. The van der Waals surface area contributed by atoms with Crippen molar-refractivity contribution in [3.05, 3.63) is 12.7 Å². The van der Waals surface area contributed by atoms with Gasteiger partial charge in [-0.3, -0.25) is 9.36 Å². The van der Waals surface area contributed by atoms with Crippen LogP contribution in [0, 0.1) is 12.3 Å². The first-order valence-corrected chi connectivity index (χ1v) is 9.17. The number of terminal acetylenes is 1. The number of anilines is 1. The van der Waals surface area contributed by atoms with Crippen molar-refractivity contribution in [2.75, 3.05) is 25.6 Å². The average Bonchev–Trinajstić information content (AvgIpc) is 3.27. The molecule has 3 rings (SSSR count). The summed E-state index contributed by atoms with van der Waals surface area (Å²) in [6, 6.07) is -1.68. The van der Waals surface area contributed by atoms with Gasteiger partial charge in [-0.2, -0.15) is 0 Å². The number of aliphatic hydroxyl groups is 2. The van der Waals surface area contributed by atoms with Crippen LogP contribution in [0.1, 0.15) is 19.1 Å². The first-order chi connectivity index (χ1) is 13.9. The van der Waals surface area contributed by atoms with Gasteiger partial charge < -0.3 is 30.9 Å². The minimum atomic E-state index is -1.16. The summed E-state index contributed by atoms with van der Waals surface area (Å²) in [4.78, 5) is 26.9. The minimum absolute atomic E-state index is 0.315. The molecule has 11 heteroatoms. The summed E-state index contributed by atoms with van der Waals surface area (Å²) in [6.45, 7) is -0.400.